The molecule has 0 spiro atoms. The lowest BCUT2D eigenvalue weighted by atomic mass is 10.1. The summed E-state index contributed by atoms with van der Waals surface area (Å²) in [7, 11) is 1.61. The van der Waals surface area contributed by atoms with Crippen molar-refractivity contribution in [3.63, 3.8) is 0 Å². The number of methoxy groups -OCH3 is 1. The van der Waals surface area contributed by atoms with E-state index in [2.05, 4.69) is 25.5 Å². The van der Waals surface area contributed by atoms with Crippen LogP contribution in [-0.2, 0) is 6.54 Å². The van der Waals surface area contributed by atoms with Crippen molar-refractivity contribution in [3.8, 4) is 23.1 Å². The number of aromatic nitrogens is 4. The standard InChI is InChI=1S/C16H15N7O/c1-24-14-4-10(6-17)2-3-12(14)13-5-15(23-22-13)21-16-9-19-11(7-18)8-20-16/h2-5,8-9H,6,17H2,1H3,(H2,20,21,22,23). The number of ether oxygens (including phenoxy) is 1. The van der Waals surface area contributed by atoms with Crippen molar-refractivity contribution < 1.29 is 4.74 Å². The third-order valence-corrected chi connectivity index (χ3v) is 3.39. The van der Waals surface area contributed by atoms with E-state index in [1.165, 1.54) is 12.4 Å². The number of benzene rings is 1. The fourth-order valence-electron chi connectivity index (χ4n) is 2.19. The molecule has 3 aromatic rings. The molecule has 8 nitrogen and oxygen atoms in total. The van der Waals surface area contributed by atoms with Gasteiger partial charge in [-0.3, -0.25) is 5.10 Å². The van der Waals surface area contributed by atoms with E-state index in [4.69, 9.17) is 15.7 Å². The van der Waals surface area contributed by atoms with Crippen LogP contribution < -0.4 is 15.8 Å². The Balaban J connectivity index is 1.84. The molecule has 0 bridgehead atoms. The molecule has 0 aliphatic rings. The molecule has 8 heteroatoms. The molecule has 120 valence electrons. The Morgan fingerprint density at radius 1 is 1.25 bits per heavy atom. The van der Waals surface area contributed by atoms with Crippen molar-refractivity contribution in [3.05, 3.63) is 47.9 Å². The second kappa shape index (κ2) is 6.76. The number of nitrogens with two attached hydrogens (primary N) is 1. The SMILES string of the molecule is COc1cc(CN)ccc1-c1cc(Nc2cnc(C#N)cn2)n[nH]1. The molecule has 0 fully saturated rings. The summed E-state index contributed by atoms with van der Waals surface area (Å²) in [5.41, 5.74) is 8.57. The molecule has 4 N–H and O–H groups in total. The first-order valence-corrected chi connectivity index (χ1v) is 7.15. The Labute approximate surface area is 138 Å². The summed E-state index contributed by atoms with van der Waals surface area (Å²) >= 11 is 0. The zero-order chi connectivity index (χ0) is 16.9. The van der Waals surface area contributed by atoms with E-state index < -0.39 is 0 Å². The van der Waals surface area contributed by atoms with Crippen LogP contribution in [0.3, 0.4) is 0 Å². The van der Waals surface area contributed by atoms with Gasteiger partial charge in [0.25, 0.3) is 0 Å². The van der Waals surface area contributed by atoms with Crippen LogP contribution in [0, 0.1) is 11.3 Å². The number of hydrogen-bond donors (Lipinski definition) is 3. The molecule has 1 aromatic carbocycles. The maximum absolute atomic E-state index is 8.72. The van der Waals surface area contributed by atoms with Gasteiger partial charge in [-0.15, -0.1) is 0 Å². The smallest absolute Gasteiger partial charge is 0.158 e. The molecule has 24 heavy (non-hydrogen) atoms. The number of rotatable bonds is 5. The van der Waals surface area contributed by atoms with Crippen molar-refractivity contribution in [2.24, 2.45) is 5.73 Å². The van der Waals surface area contributed by atoms with E-state index in [1.807, 2.05) is 30.3 Å². The van der Waals surface area contributed by atoms with Crippen LogP contribution in [0.2, 0.25) is 0 Å². The number of aromatic amines is 1. The van der Waals surface area contributed by atoms with Gasteiger partial charge < -0.3 is 15.8 Å². The highest BCUT2D eigenvalue weighted by molar-refractivity contribution is 5.71. The molecule has 2 heterocycles. The van der Waals surface area contributed by atoms with E-state index in [0.29, 0.717) is 23.9 Å². The van der Waals surface area contributed by atoms with Crippen LogP contribution in [0.15, 0.2) is 36.7 Å². The van der Waals surface area contributed by atoms with E-state index >= 15 is 0 Å². The van der Waals surface area contributed by atoms with E-state index in [0.717, 1.165) is 16.8 Å². The Morgan fingerprint density at radius 3 is 2.79 bits per heavy atom. The molecular formula is C16H15N7O. The molecular weight excluding hydrogens is 306 g/mol. The fraction of sp³-hybridized carbons (Fsp3) is 0.125. The number of nitrogens with zero attached hydrogens (tertiary/aromatic N) is 4. The zero-order valence-corrected chi connectivity index (χ0v) is 12.9. The molecule has 0 amide bonds. The van der Waals surface area contributed by atoms with Crippen molar-refractivity contribution in [1.29, 1.82) is 5.26 Å². The third-order valence-electron chi connectivity index (χ3n) is 3.39. The highest BCUT2D eigenvalue weighted by Crippen LogP contribution is 2.31. The Hall–Kier alpha value is -3.44. The average Bonchev–Trinajstić information content (AvgIpc) is 3.10. The minimum Gasteiger partial charge on any atom is -0.496 e. The topological polar surface area (TPSA) is 126 Å². The van der Waals surface area contributed by atoms with Gasteiger partial charge in [-0.25, -0.2) is 9.97 Å². The highest BCUT2D eigenvalue weighted by Gasteiger charge is 2.10. The van der Waals surface area contributed by atoms with Crippen LogP contribution in [0.1, 0.15) is 11.3 Å². The van der Waals surface area contributed by atoms with E-state index in [-0.39, 0.29) is 5.69 Å². The molecule has 0 saturated heterocycles. The van der Waals surface area contributed by atoms with E-state index in [1.54, 1.807) is 7.11 Å². The van der Waals surface area contributed by atoms with Gasteiger partial charge >= 0.3 is 0 Å². The van der Waals surface area contributed by atoms with Gasteiger partial charge in [-0.1, -0.05) is 6.07 Å². The maximum Gasteiger partial charge on any atom is 0.158 e. The van der Waals surface area contributed by atoms with Crippen molar-refractivity contribution in [2.45, 2.75) is 6.54 Å². The van der Waals surface area contributed by atoms with Crippen LogP contribution in [0.5, 0.6) is 5.75 Å². The largest absolute Gasteiger partial charge is 0.496 e. The number of hydrogen-bond acceptors (Lipinski definition) is 7. The molecule has 2 aromatic heterocycles. The summed E-state index contributed by atoms with van der Waals surface area (Å²) in [6, 6.07) is 9.52. The molecule has 3 rings (SSSR count). The minimum atomic E-state index is 0.257. The molecule has 0 aliphatic heterocycles. The van der Waals surface area contributed by atoms with Crippen LogP contribution in [0.25, 0.3) is 11.3 Å². The summed E-state index contributed by atoms with van der Waals surface area (Å²) in [4.78, 5) is 8.04. The quantitative estimate of drug-likeness (QED) is 0.655. The Bertz CT molecular complexity index is 880. The molecule has 0 atom stereocenters. The molecule has 0 aliphatic carbocycles. The van der Waals surface area contributed by atoms with E-state index in [9.17, 15) is 0 Å². The number of H-pyrrole nitrogens is 1. The van der Waals surface area contributed by atoms with Crippen LogP contribution in [0.4, 0.5) is 11.6 Å². The predicted octanol–water partition coefficient (Wildman–Crippen LogP) is 1.95. The summed E-state index contributed by atoms with van der Waals surface area (Å²) in [5.74, 6) is 1.79. The lowest BCUT2D eigenvalue weighted by Gasteiger charge is -2.08. The van der Waals surface area contributed by atoms with Gasteiger partial charge in [0.2, 0.25) is 0 Å². The summed E-state index contributed by atoms with van der Waals surface area (Å²) < 4.78 is 5.42. The van der Waals surface area contributed by atoms with Crippen molar-refractivity contribution in [1.82, 2.24) is 20.2 Å². The number of anilines is 2. The normalized spacial score (nSPS) is 10.2. The van der Waals surface area contributed by atoms with Crippen molar-refractivity contribution in [2.75, 3.05) is 12.4 Å². The Morgan fingerprint density at radius 2 is 2.12 bits per heavy atom. The maximum atomic E-state index is 8.72. The highest BCUT2D eigenvalue weighted by atomic mass is 16.5. The first-order valence-electron chi connectivity index (χ1n) is 7.15. The van der Waals surface area contributed by atoms with Gasteiger partial charge in [-0.2, -0.15) is 10.4 Å². The lowest BCUT2D eigenvalue weighted by Crippen LogP contribution is -1.97. The van der Waals surface area contributed by atoms with Gasteiger partial charge in [0.15, 0.2) is 11.5 Å². The van der Waals surface area contributed by atoms with Gasteiger partial charge in [-0.05, 0) is 17.7 Å². The second-order valence-electron chi connectivity index (χ2n) is 4.93. The molecule has 0 saturated carbocycles. The minimum absolute atomic E-state index is 0.257. The zero-order valence-electron chi connectivity index (χ0n) is 12.9. The monoisotopic (exact) mass is 321 g/mol. The first-order chi connectivity index (χ1) is 11.7. The van der Waals surface area contributed by atoms with Gasteiger partial charge in [0.1, 0.15) is 17.6 Å². The van der Waals surface area contributed by atoms with Gasteiger partial charge in [0.05, 0.1) is 25.2 Å². The summed E-state index contributed by atoms with van der Waals surface area (Å²) in [6.07, 6.45) is 2.87. The average molecular weight is 321 g/mol. The van der Waals surface area contributed by atoms with Crippen LogP contribution in [-0.4, -0.2) is 27.3 Å². The second-order valence-corrected chi connectivity index (χ2v) is 4.93. The molecule has 0 radical (unpaired) electrons. The molecule has 0 unspecified atom stereocenters. The predicted molar refractivity (Wildman–Crippen MR) is 88.5 cm³/mol. The third kappa shape index (κ3) is 3.16. The van der Waals surface area contributed by atoms with Crippen LogP contribution >= 0.6 is 0 Å². The first kappa shape index (κ1) is 15.5. The Kier molecular flexibility index (Phi) is 4.36. The van der Waals surface area contributed by atoms with Crippen molar-refractivity contribution >= 4 is 11.6 Å². The number of nitrogens with one attached hydrogen (secondary N) is 2. The summed E-state index contributed by atoms with van der Waals surface area (Å²) in [5, 5.41) is 18.9. The van der Waals surface area contributed by atoms with Gasteiger partial charge in [0, 0.05) is 18.2 Å². The summed E-state index contributed by atoms with van der Waals surface area (Å²) in [6.45, 7) is 0.448. The number of nitriles is 1. The lowest BCUT2D eigenvalue weighted by molar-refractivity contribution is 0.416. The fourth-order valence-corrected chi connectivity index (χ4v) is 2.19.